The second-order valence-electron chi connectivity index (χ2n) is 5.09. The third kappa shape index (κ3) is 3.55. The second kappa shape index (κ2) is 6.63. The molecule has 1 atom stereocenters. The standard InChI is InChI=1S/C16H23N3O2/c1-11-6-13(19(3)18-11)9-16(17-2)12-7-14(20-4)10-15(8-12)21-5/h6-8,10,16-17H,9H2,1-5H3. The molecule has 0 fully saturated rings. The number of aryl methyl sites for hydroxylation is 2. The normalized spacial score (nSPS) is 12.2. The van der Waals surface area contributed by atoms with Crippen molar-refractivity contribution >= 4 is 0 Å². The van der Waals surface area contributed by atoms with Crippen LogP contribution in [0.3, 0.4) is 0 Å². The topological polar surface area (TPSA) is 48.3 Å². The van der Waals surface area contributed by atoms with Crippen molar-refractivity contribution in [2.75, 3.05) is 21.3 Å². The molecule has 1 aromatic heterocycles. The van der Waals surface area contributed by atoms with Crippen LogP contribution >= 0.6 is 0 Å². The van der Waals surface area contributed by atoms with E-state index in [1.54, 1.807) is 14.2 Å². The van der Waals surface area contributed by atoms with Gasteiger partial charge in [-0.05, 0) is 37.7 Å². The molecule has 1 heterocycles. The van der Waals surface area contributed by atoms with Crippen LogP contribution in [-0.2, 0) is 13.5 Å². The van der Waals surface area contributed by atoms with Gasteiger partial charge in [0.15, 0.2) is 0 Å². The Bertz CT molecular complexity index is 585. The van der Waals surface area contributed by atoms with Crippen LogP contribution in [0.2, 0.25) is 0 Å². The number of rotatable bonds is 6. The molecule has 1 N–H and O–H groups in total. The quantitative estimate of drug-likeness (QED) is 0.886. The summed E-state index contributed by atoms with van der Waals surface area (Å²) in [5.41, 5.74) is 3.35. The average molecular weight is 289 g/mol. The monoisotopic (exact) mass is 289 g/mol. The largest absolute Gasteiger partial charge is 0.497 e. The van der Waals surface area contributed by atoms with Crippen LogP contribution in [0.25, 0.3) is 0 Å². The van der Waals surface area contributed by atoms with Crippen LogP contribution in [0, 0.1) is 6.92 Å². The number of ether oxygens (including phenoxy) is 2. The minimum atomic E-state index is 0.170. The van der Waals surface area contributed by atoms with Crippen molar-refractivity contribution in [3.63, 3.8) is 0 Å². The molecule has 2 rings (SSSR count). The van der Waals surface area contributed by atoms with E-state index in [9.17, 15) is 0 Å². The van der Waals surface area contributed by atoms with Gasteiger partial charge in [0.25, 0.3) is 0 Å². The third-order valence-corrected chi connectivity index (χ3v) is 3.64. The first kappa shape index (κ1) is 15.4. The van der Waals surface area contributed by atoms with E-state index in [0.717, 1.165) is 29.2 Å². The fourth-order valence-corrected chi connectivity index (χ4v) is 2.48. The van der Waals surface area contributed by atoms with Gasteiger partial charge in [0.1, 0.15) is 11.5 Å². The van der Waals surface area contributed by atoms with Gasteiger partial charge in [0.2, 0.25) is 0 Å². The fourth-order valence-electron chi connectivity index (χ4n) is 2.48. The lowest BCUT2D eigenvalue weighted by atomic mass is 10.0. The Balaban J connectivity index is 2.30. The molecule has 114 valence electrons. The molecular weight excluding hydrogens is 266 g/mol. The number of nitrogens with zero attached hydrogens (tertiary/aromatic N) is 2. The predicted molar refractivity (Wildman–Crippen MR) is 83.0 cm³/mol. The summed E-state index contributed by atoms with van der Waals surface area (Å²) in [6.45, 7) is 2.01. The molecule has 21 heavy (non-hydrogen) atoms. The lowest BCUT2D eigenvalue weighted by molar-refractivity contribution is 0.391. The number of nitrogens with one attached hydrogen (secondary N) is 1. The van der Waals surface area contributed by atoms with E-state index in [0.29, 0.717) is 0 Å². The third-order valence-electron chi connectivity index (χ3n) is 3.64. The molecule has 0 aliphatic rings. The molecule has 2 aromatic rings. The molecule has 0 aliphatic carbocycles. The molecule has 0 radical (unpaired) electrons. The molecule has 5 nitrogen and oxygen atoms in total. The summed E-state index contributed by atoms with van der Waals surface area (Å²) in [4.78, 5) is 0. The Morgan fingerprint density at radius 3 is 2.19 bits per heavy atom. The molecule has 0 amide bonds. The summed E-state index contributed by atoms with van der Waals surface area (Å²) < 4.78 is 12.6. The van der Waals surface area contributed by atoms with E-state index in [4.69, 9.17) is 9.47 Å². The van der Waals surface area contributed by atoms with Gasteiger partial charge in [-0.2, -0.15) is 5.10 Å². The molecule has 0 aliphatic heterocycles. The maximum Gasteiger partial charge on any atom is 0.122 e. The van der Waals surface area contributed by atoms with Crippen molar-refractivity contribution in [1.29, 1.82) is 0 Å². The van der Waals surface area contributed by atoms with Gasteiger partial charge in [-0.15, -0.1) is 0 Å². The molecule has 0 saturated heterocycles. The maximum atomic E-state index is 5.34. The number of methoxy groups -OCH3 is 2. The lowest BCUT2D eigenvalue weighted by Crippen LogP contribution is -2.20. The highest BCUT2D eigenvalue weighted by molar-refractivity contribution is 5.40. The molecule has 0 bridgehead atoms. The summed E-state index contributed by atoms with van der Waals surface area (Å²) in [6, 6.07) is 8.23. The Morgan fingerprint density at radius 1 is 1.14 bits per heavy atom. The minimum absolute atomic E-state index is 0.170. The van der Waals surface area contributed by atoms with E-state index >= 15 is 0 Å². The highest BCUT2D eigenvalue weighted by Gasteiger charge is 2.15. The van der Waals surface area contributed by atoms with E-state index < -0.39 is 0 Å². The van der Waals surface area contributed by atoms with E-state index in [1.165, 1.54) is 5.69 Å². The van der Waals surface area contributed by atoms with Gasteiger partial charge in [0.05, 0.1) is 19.9 Å². The molecule has 5 heteroatoms. The lowest BCUT2D eigenvalue weighted by Gasteiger charge is -2.18. The number of hydrogen-bond acceptors (Lipinski definition) is 4. The van der Waals surface area contributed by atoms with Gasteiger partial charge < -0.3 is 14.8 Å². The van der Waals surface area contributed by atoms with Crippen molar-refractivity contribution in [3.8, 4) is 11.5 Å². The first-order valence-electron chi connectivity index (χ1n) is 6.97. The van der Waals surface area contributed by atoms with Crippen LogP contribution in [0.15, 0.2) is 24.3 Å². The van der Waals surface area contributed by atoms with E-state index in [2.05, 4.69) is 16.5 Å². The Kier molecular flexibility index (Phi) is 4.85. The van der Waals surface area contributed by atoms with E-state index in [1.807, 2.05) is 43.9 Å². The van der Waals surface area contributed by atoms with Crippen molar-refractivity contribution in [2.24, 2.45) is 7.05 Å². The van der Waals surface area contributed by atoms with Gasteiger partial charge >= 0.3 is 0 Å². The van der Waals surface area contributed by atoms with Gasteiger partial charge in [-0.1, -0.05) is 0 Å². The Morgan fingerprint density at radius 2 is 1.76 bits per heavy atom. The highest BCUT2D eigenvalue weighted by atomic mass is 16.5. The number of aromatic nitrogens is 2. The predicted octanol–water partition coefficient (Wildman–Crippen LogP) is 2.25. The van der Waals surface area contributed by atoms with Crippen molar-refractivity contribution in [1.82, 2.24) is 15.1 Å². The fraction of sp³-hybridized carbons (Fsp3) is 0.438. The molecule has 1 aromatic carbocycles. The minimum Gasteiger partial charge on any atom is -0.497 e. The average Bonchev–Trinajstić information content (AvgIpc) is 2.81. The molecule has 1 unspecified atom stereocenters. The zero-order valence-corrected chi connectivity index (χ0v) is 13.3. The smallest absolute Gasteiger partial charge is 0.122 e. The number of hydrogen-bond donors (Lipinski definition) is 1. The van der Waals surface area contributed by atoms with Crippen LogP contribution in [0.1, 0.15) is 23.0 Å². The van der Waals surface area contributed by atoms with Crippen molar-refractivity contribution in [3.05, 3.63) is 41.2 Å². The highest BCUT2D eigenvalue weighted by Crippen LogP contribution is 2.28. The second-order valence-corrected chi connectivity index (χ2v) is 5.09. The SMILES string of the molecule is CNC(Cc1cc(C)nn1C)c1cc(OC)cc(OC)c1. The van der Waals surface area contributed by atoms with Crippen LogP contribution in [0.4, 0.5) is 0 Å². The number of benzene rings is 1. The summed E-state index contributed by atoms with van der Waals surface area (Å²) in [5.74, 6) is 1.59. The van der Waals surface area contributed by atoms with Gasteiger partial charge in [0, 0.05) is 31.3 Å². The zero-order chi connectivity index (χ0) is 15.4. The van der Waals surface area contributed by atoms with Crippen molar-refractivity contribution in [2.45, 2.75) is 19.4 Å². The zero-order valence-electron chi connectivity index (χ0n) is 13.3. The summed E-state index contributed by atoms with van der Waals surface area (Å²) in [5, 5.41) is 7.75. The van der Waals surface area contributed by atoms with E-state index in [-0.39, 0.29) is 6.04 Å². The summed E-state index contributed by atoms with van der Waals surface area (Å²) >= 11 is 0. The summed E-state index contributed by atoms with van der Waals surface area (Å²) in [6.07, 6.45) is 0.851. The molecule has 0 spiro atoms. The molecular formula is C16H23N3O2. The first-order chi connectivity index (χ1) is 10.1. The van der Waals surface area contributed by atoms with Crippen LogP contribution < -0.4 is 14.8 Å². The van der Waals surface area contributed by atoms with Crippen LogP contribution in [0.5, 0.6) is 11.5 Å². The van der Waals surface area contributed by atoms with Crippen molar-refractivity contribution < 1.29 is 9.47 Å². The van der Waals surface area contributed by atoms with Gasteiger partial charge in [-0.25, -0.2) is 0 Å². The maximum absolute atomic E-state index is 5.34. The molecule has 0 saturated carbocycles. The first-order valence-corrected chi connectivity index (χ1v) is 6.97. The van der Waals surface area contributed by atoms with Gasteiger partial charge in [-0.3, -0.25) is 4.68 Å². The Hall–Kier alpha value is -2.01. The Labute approximate surface area is 125 Å². The summed E-state index contributed by atoms with van der Waals surface area (Å²) in [7, 11) is 7.26. The number of likely N-dealkylation sites (N-methyl/N-ethyl adjacent to an activating group) is 1. The van der Waals surface area contributed by atoms with Crippen LogP contribution in [-0.4, -0.2) is 31.0 Å².